The molecule has 0 aliphatic rings. The summed E-state index contributed by atoms with van der Waals surface area (Å²) in [7, 11) is 3.86. The predicted octanol–water partition coefficient (Wildman–Crippen LogP) is 0.894. The van der Waals surface area contributed by atoms with Gasteiger partial charge in [-0.2, -0.15) is 0 Å². The molecule has 0 saturated carbocycles. The summed E-state index contributed by atoms with van der Waals surface area (Å²) in [5.41, 5.74) is -0.380. The van der Waals surface area contributed by atoms with E-state index in [0.717, 1.165) is 0 Å². The number of nitrogens with zero attached hydrogens (tertiary/aromatic N) is 3. The van der Waals surface area contributed by atoms with Gasteiger partial charge in [0.2, 0.25) is 11.6 Å². The molecular weight excluding hydrogens is 222 g/mol. The number of hydrogen-bond donors (Lipinski definition) is 1. The van der Waals surface area contributed by atoms with Crippen LogP contribution in [0.2, 0.25) is 0 Å². The van der Waals surface area contributed by atoms with Gasteiger partial charge in [0.05, 0.1) is 0 Å². The van der Waals surface area contributed by atoms with Crippen molar-refractivity contribution in [3.8, 4) is 5.88 Å². The lowest BCUT2D eigenvalue weighted by Crippen LogP contribution is -2.43. The SMILES string of the molecule is CN(C)C(C)(C)COc1nccnc1C(=O)O. The van der Waals surface area contributed by atoms with Gasteiger partial charge in [0, 0.05) is 17.9 Å². The highest BCUT2D eigenvalue weighted by molar-refractivity contribution is 5.87. The molecule has 0 aliphatic heterocycles. The Kier molecular flexibility index (Phi) is 4.01. The average Bonchev–Trinajstić information content (AvgIpc) is 2.26. The topological polar surface area (TPSA) is 75.5 Å². The number of carboxylic acids is 1. The molecule has 0 spiro atoms. The molecule has 1 N–H and O–H groups in total. The van der Waals surface area contributed by atoms with Crippen molar-refractivity contribution in [1.29, 1.82) is 0 Å². The van der Waals surface area contributed by atoms with Crippen molar-refractivity contribution < 1.29 is 14.6 Å². The Morgan fingerprint density at radius 3 is 2.53 bits per heavy atom. The Labute approximate surface area is 100 Å². The second-order valence-electron chi connectivity index (χ2n) is 4.51. The molecule has 0 saturated heterocycles. The van der Waals surface area contributed by atoms with Gasteiger partial charge in [0.1, 0.15) is 6.61 Å². The van der Waals surface area contributed by atoms with Crippen molar-refractivity contribution in [3.05, 3.63) is 18.1 Å². The van der Waals surface area contributed by atoms with Crippen LogP contribution in [0.1, 0.15) is 24.3 Å². The van der Waals surface area contributed by atoms with Gasteiger partial charge in [0.25, 0.3) is 0 Å². The molecule has 1 heterocycles. The molecule has 17 heavy (non-hydrogen) atoms. The minimum absolute atomic E-state index is 0.0509. The van der Waals surface area contributed by atoms with Gasteiger partial charge in [0.15, 0.2) is 0 Å². The maximum atomic E-state index is 10.9. The third-order valence-electron chi connectivity index (χ3n) is 2.64. The second-order valence-corrected chi connectivity index (χ2v) is 4.51. The van der Waals surface area contributed by atoms with Crippen molar-refractivity contribution in [2.75, 3.05) is 20.7 Å². The van der Waals surface area contributed by atoms with Gasteiger partial charge < -0.3 is 14.7 Å². The maximum absolute atomic E-state index is 10.9. The summed E-state index contributed by atoms with van der Waals surface area (Å²) in [6, 6.07) is 0. The third-order valence-corrected chi connectivity index (χ3v) is 2.64. The second kappa shape index (κ2) is 5.09. The van der Waals surface area contributed by atoms with Crippen LogP contribution in [0.15, 0.2) is 12.4 Å². The molecular formula is C11H17N3O3. The van der Waals surface area contributed by atoms with Crippen LogP contribution in [0.3, 0.4) is 0 Å². The van der Waals surface area contributed by atoms with E-state index < -0.39 is 5.97 Å². The molecule has 0 unspecified atom stereocenters. The summed E-state index contributed by atoms with van der Waals surface area (Å²) >= 11 is 0. The van der Waals surface area contributed by atoms with E-state index in [1.165, 1.54) is 12.4 Å². The first-order valence-corrected chi connectivity index (χ1v) is 5.19. The fourth-order valence-electron chi connectivity index (χ4n) is 0.952. The van der Waals surface area contributed by atoms with Crippen LogP contribution in [0.4, 0.5) is 0 Å². The zero-order valence-electron chi connectivity index (χ0n) is 10.5. The highest BCUT2D eigenvalue weighted by Crippen LogP contribution is 2.16. The molecule has 0 bridgehead atoms. The van der Waals surface area contributed by atoms with Gasteiger partial charge in [-0.1, -0.05) is 0 Å². The largest absolute Gasteiger partial charge is 0.476 e. The molecule has 1 rings (SSSR count). The Balaban J connectivity index is 2.79. The Morgan fingerprint density at radius 1 is 1.41 bits per heavy atom. The van der Waals surface area contributed by atoms with Crippen molar-refractivity contribution in [3.63, 3.8) is 0 Å². The fourth-order valence-corrected chi connectivity index (χ4v) is 0.952. The molecule has 1 aromatic heterocycles. The molecule has 0 radical (unpaired) electrons. The lowest BCUT2D eigenvalue weighted by atomic mass is 10.1. The zero-order chi connectivity index (χ0) is 13.1. The summed E-state index contributed by atoms with van der Waals surface area (Å²) in [4.78, 5) is 20.5. The monoisotopic (exact) mass is 239 g/mol. The number of carbonyl (C=O) groups is 1. The number of aromatic carboxylic acids is 1. The highest BCUT2D eigenvalue weighted by Gasteiger charge is 2.23. The molecule has 0 amide bonds. The number of aromatic nitrogens is 2. The van der Waals surface area contributed by atoms with Gasteiger partial charge in [-0.3, -0.25) is 0 Å². The molecule has 6 nitrogen and oxygen atoms in total. The molecule has 6 heteroatoms. The number of likely N-dealkylation sites (N-methyl/N-ethyl adjacent to an activating group) is 1. The summed E-state index contributed by atoms with van der Waals surface area (Å²) in [5, 5.41) is 8.91. The van der Waals surface area contributed by atoms with Crippen LogP contribution in [-0.4, -0.2) is 52.2 Å². The van der Waals surface area contributed by atoms with E-state index in [1.54, 1.807) is 0 Å². The van der Waals surface area contributed by atoms with Crippen molar-refractivity contribution in [2.45, 2.75) is 19.4 Å². The Hall–Kier alpha value is -1.69. The van der Waals surface area contributed by atoms with Gasteiger partial charge in [-0.15, -0.1) is 0 Å². The van der Waals surface area contributed by atoms with E-state index in [4.69, 9.17) is 9.84 Å². The average molecular weight is 239 g/mol. The van der Waals surface area contributed by atoms with Crippen LogP contribution >= 0.6 is 0 Å². The third kappa shape index (κ3) is 3.39. The maximum Gasteiger partial charge on any atom is 0.360 e. The molecule has 1 aromatic rings. The van der Waals surface area contributed by atoms with Gasteiger partial charge in [-0.05, 0) is 27.9 Å². The first-order valence-electron chi connectivity index (χ1n) is 5.19. The molecule has 0 aromatic carbocycles. The quantitative estimate of drug-likeness (QED) is 0.822. The zero-order valence-corrected chi connectivity index (χ0v) is 10.5. The van der Waals surface area contributed by atoms with Gasteiger partial charge >= 0.3 is 5.97 Å². The number of carboxylic acid groups (broad SMARTS) is 1. The first-order chi connectivity index (χ1) is 7.84. The molecule has 0 fully saturated rings. The van der Waals surface area contributed by atoms with E-state index in [9.17, 15) is 4.79 Å². The minimum atomic E-state index is -1.14. The molecule has 0 atom stereocenters. The summed E-state index contributed by atoms with van der Waals surface area (Å²) < 4.78 is 5.43. The molecule has 0 aliphatic carbocycles. The lowest BCUT2D eigenvalue weighted by Gasteiger charge is -2.31. The predicted molar refractivity (Wildman–Crippen MR) is 62.3 cm³/mol. The van der Waals surface area contributed by atoms with Crippen LogP contribution in [-0.2, 0) is 0 Å². The first kappa shape index (κ1) is 13.4. The lowest BCUT2D eigenvalue weighted by molar-refractivity contribution is 0.0673. The number of rotatable bonds is 5. The fraction of sp³-hybridized carbons (Fsp3) is 0.545. The standard InChI is InChI=1S/C11H17N3O3/c1-11(2,14(3)4)7-17-9-8(10(15)16)12-5-6-13-9/h5-6H,7H2,1-4H3,(H,15,16). The van der Waals surface area contributed by atoms with Crippen LogP contribution in [0.25, 0.3) is 0 Å². The number of hydrogen-bond acceptors (Lipinski definition) is 5. The number of ether oxygens (including phenoxy) is 1. The van der Waals surface area contributed by atoms with E-state index in [0.29, 0.717) is 6.61 Å². The van der Waals surface area contributed by atoms with Crippen molar-refractivity contribution in [1.82, 2.24) is 14.9 Å². The van der Waals surface area contributed by atoms with E-state index in [-0.39, 0.29) is 17.1 Å². The highest BCUT2D eigenvalue weighted by atomic mass is 16.5. The van der Waals surface area contributed by atoms with Crippen molar-refractivity contribution >= 4 is 5.97 Å². The molecule has 94 valence electrons. The van der Waals surface area contributed by atoms with Crippen molar-refractivity contribution in [2.24, 2.45) is 0 Å². The summed E-state index contributed by atoms with van der Waals surface area (Å²) in [6.07, 6.45) is 2.73. The van der Waals surface area contributed by atoms with E-state index >= 15 is 0 Å². The van der Waals surface area contributed by atoms with Gasteiger partial charge in [-0.25, -0.2) is 14.8 Å². The Bertz CT molecular complexity index is 405. The van der Waals surface area contributed by atoms with Crippen LogP contribution in [0, 0.1) is 0 Å². The van der Waals surface area contributed by atoms with E-state index in [2.05, 4.69) is 9.97 Å². The smallest absolute Gasteiger partial charge is 0.360 e. The van der Waals surface area contributed by atoms with E-state index in [1.807, 2.05) is 32.8 Å². The Morgan fingerprint density at radius 2 is 2.00 bits per heavy atom. The minimum Gasteiger partial charge on any atom is -0.476 e. The van der Waals surface area contributed by atoms with Crippen LogP contribution < -0.4 is 4.74 Å². The summed E-state index contributed by atoms with van der Waals surface area (Å²) in [5.74, 6) is -1.09. The summed E-state index contributed by atoms with van der Waals surface area (Å²) in [6.45, 7) is 4.31. The van der Waals surface area contributed by atoms with Crippen LogP contribution in [0.5, 0.6) is 5.88 Å². The normalized spacial score (nSPS) is 11.6.